The Bertz CT molecular complexity index is 588. The minimum absolute atomic E-state index is 1.10. The zero-order valence-electron chi connectivity index (χ0n) is 11.6. The molecule has 0 bridgehead atoms. The molecule has 0 radical (unpaired) electrons. The Balaban J connectivity index is 2.07. The summed E-state index contributed by atoms with van der Waals surface area (Å²) in [7, 11) is 4.19. The number of anilines is 2. The maximum atomic E-state index is 3.47. The van der Waals surface area contributed by atoms with Gasteiger partial charge in [0.25, 0.3) is 0 Å². The second-order valence-electron chi connectivity index (χ2n) is 5.31. The quantitative estimate of drug-likeness (QED) is 0.875. The molecule has 98 valence electrons. The largest absolute Gasteiger partial charge is 0.385 e. The van der Waals surface area contributed by atoms with Crippen molar-refractivity contribution >= 4 is 11.4 Å². The molecule has 2 nitrogen and oxygen atoms in total. The molecule has 0 aromatic heterocycles. The van der Waals surface area contributed by atoms with Gasteiger partial charge in [-0.15, -0.1) is 0 Å². The molecule has 2 aromatic carbocycles. The summed E-state index contributed by atoms with van der Waals surface area (Å²) in [4.78, 5) is 2.17. The van der Waals surface area contributed by atoms with Crippen molar-refractivity contribution in [1.82, 2.24) is 0 Å². The van der Waals surface area contributed by atoms with E-state index in [9.17, 15) is 0 Å². The number of hydrogen-bond acceptors (Lipinski definition) is 2. The Morgan fingerprint density at radius 1 is 1.05 bits per heavy atom. The molecule has 1 heterocycles. The molecule has 3 rings (SSSR count). The number of aryl methyl sites for hydroxylation is 1. The molecular weight excluding hydrogens is 232 g/mol. The van der Waals surface area contributed by atoms with Gasteiger partial charge in [-0.05, 0) is 42.2 Å². The lowest BCUT2D eigenvalue weighted by Crippen LogP contribution is -2.12. The highest BCUT2D eigenvalue weighted by Gasteiger charge is 2.11. The average molecular weight is 252 g/mol. The van der Waals surface area contributed by atoms with Gasteiger partial charge in [0, 0.05) is 37.6 Å². The maximum Gasteiger partial charge on any atom is 0.0440 e. The first-order chi connectivity index (χ1) is 9.25. The standard InChI is InChI=1S/C17H20N2/c1-19(2)17-8-4-3-7-15(17)13-9-10-16-14(12-13)6-5-11-18-16/h3-4,7-10,12,18H,5-6,11H2,1-2H3. The number of nitrogens with zero attached hydrogens (tertiary/aromatic N) is 1. The van der Waals surface area contributed by atoms with Crippen molar-refractivity contribution in [2.24, 2.45) is 0 Å². The van der Waals surface area contributed by atoms with Crippen molar-refractivity contribution in [2.75, 3.05) is 30.9 Å². The Kier molecular flexibility index (Phi) is 3.16. The summed E-state index contributed by atoms with van der Waals surface area (Å²) in [5.41, 5.74) is 6.63. The molecule has 1 aliphatic heterocycles. The lowest BCUT2D eigenvalue weighted by atomic mass is 9.96. The van der Waals surface area contributed by atoms with Crippen LogP contribution in [0, 0.1) is 0 Å². The van der Waals surface area contributed by atoms with E-state index in [-0.39, 0.29) is 0 Å². The third-order valence-electron chi connectivity index (χ3n) is 3.74. The Morgan fingerprint density at radius 3 is 2.74 bits per heavy atom. The molecule has 0 atom stereocenters. The molecule has 0 aliphatic carbocycles. The van der Waals surface area contributed by atoms with E-state index in [1.165, 1.54) is 40.9 Å². The molecule has 1 aliphatic rings. The molecule has 0 saturated carbocycles. The summed E-state index contributed by atoms with van der Waals surface area (Å²) in [5, 5.41) is 3.47. The van der Waals surface area contributed by atoms with Gasteiger partial charge in [0.2, 0.25) is 0 Å². The lowest BCUT2D eigenvalue weighted by molar-refractivity contribution is 0.830. The average Bonchev–Trinajstić information content (AvgIpc) is 2.46. The summed E-state index contributed by atoms with van der Waals surface area (Å²) < 4.78 is 0. The number of nitrogens with one attached hydrogen (secondary N) is 1. The van der Waals surface area contributed by atoms with Gasteiger partial charge in [0.15, 0.2) is 0 Å². The molecule has 0 saturated heterocycles. The molecule has 0 fully saturated rings. The highest BCUT2D eigenvalue weighted by atomic mass is 15.1. The van der Waals surface area contributed by atoms with Gasteiger partial charge in [-0.2, -0.15) is 0 Å². The van der Waals surface area contributed by atoms with Crippen molar-refractivity contribution < 1.29 is 0 Å². The minimum atomic E-state index is 1.10. The van der Waals surface area contributed by atoms with Crippen molar-refractivity contribution in [3.05, 3.63) is 48.0 Å². The van der Waals surface area contributed by atoms with Gasteiger partial charge in [-0.3, -0.25) is 0 Å². The third-order valence-corrected chi connectivity index (χ3v) is 3.74. The van der Waals surface area contributed by atoms with Gasteiger partial charge in [-0.1, -0.05) is 24.3 Å². The van der Waals surface area contributed by atoms with Crippen LogP contribution in [0.3, 0.4) is 0 Å². The molecule has 19 heavy (non-hydrogen) atoms. The van der Waals surface area contributed by atoms with E-state index < -0.39 is 0 Å². The van der Waals surface area contributed by atoms with Crippen LogP contribution >= 0.6 is 0 Å². The number of benzene rings is 2. The zero-order chi connectivity index (χ0) is 13.2. The third kappa shape index (κ3) is 2.30. The molecular formula is C17H20N2. The first kappa shape index (κ1) is 12.1. The van der Waals surface area contributed by atoms with Crippen molar-refractivity contribution in [2.45, 2.75) is 12.8 Å². The van der Waals surface area contributed by atoms with Gasteiger partial charge >= 0.3 is 0 Å². The van der Waals surface area contributed by atoms with Gasteiger partial charge in [0.1, 0.15) is 0 Å². The van der Waals surface area contributed by atoms with Gasteiger partial charge < -0.3 is 10.2 Å². The fraction of sp³-hybridized carbons (Fsp3) is 0.294. The van der Waals surface area contributed by atoms with E-state index >= 15 is 0 Å². The predicted molar refractivity (Wildman–Crippen MR) is 83.0 cm³/mol. The number of para-hydroxylation sites is 1. The molecule has 0 amide bonds. The van der Waals surface area contributed by atoms with Crippen LogP contribution in [-0.4, -0.2) is 20.6 Å². The summed E-state index contributed by atoms with van der Waals surface area (Å²) in [5.74, 6) is 0. The first-order valence-electron chi connectivity index (χ1n) is 6.89. The van der Waals surface area contributed by atoms with Crippen molar-refractivity contribution in [1.29, 1.82) is 0 Å². The number of fused-ring (bicyclic) bond motifs is 1. The van der Waals surface area contributed by atoms with Crippen molar-refractivity contribution in [3.8, 4) is 11.1 Å². The van der Waals surface area contributed by atoms with Crippen molar-refractivity contribution in [3.63, 3.8) is 0 Å². The second-order valence-corrected chi connectivity index (χ2v) is 5.31. The maximum absolute atomic E-state index is 3.47. The topological polar surface area (TPSA) is 15.3 Å². The van der Waals surface area contributed by atoms with Crippen LogP contribution in [0.15, 0.2) is 42.5 Å². The highest BCUT2D eigenvalue weighted by Crippen LogP contribution is 2.33. The van der Waals surface area contributed by atoms with E-state index in [0.717, 1.165) is 6.54 Å². The SMILES string of the molecule is CN(C)c1ccccc1-c1ccc2c(c1)CCCN2. The Morgan fingerprint density at radius 2 is 1.89 bits per heavy atom. The van der Waals surface area contributed by atoms with Crippen LogP contribution in [0.25, 0.3) is 11.1 Å². The van der Waals surface area contributed by atoms with E-state index in [0.29, 0.717) is 0 Å². The minimum Gasteiger partial charge on any atom is -0.385 e. The molecule has 2 aromatic rings. The van der Waals surface area contributed by atoms with Crippen LogP contribution in [0.5, 0.6) is 0 Å². The fourth-order valence-electron chi connectivity index (χ4n) is 2.75. The molecule has 0 spiro atoms. The highest BCUT2D eigenvalue weighted by molar-refractivity contribution is 5.80. The Hall–Kier alpha value is -1.96. The van der Waals surface area contributed by atoms with E-state index in [1.807, 2.05) is 0 Å². The fourth-order valence-corrected chi connectivity index (χ4v) is 2.75. The summed E-state index contributed by atoms with van der Waals surface area (Å²) in [6.45, 7) is 1.10. The second kappa shape index (κ2) is 4.96. The van der Waals surface area contributed by atoms with E-state index in [2.05, 4.69) is 66.8 Å². The molecule has 2 heteroatoms. The summed E-state index contributed by atoms with van der Waals surface area (Å²) in [6.07, 6.45) is 2.41. The lowest BCUT2D eigenvalue weighted by Gasteiger charge is -2.21. The monoisotopic (exact) mass is 252 g/mol. The van der Waals surface area contributed by atoms with Crippen LogP contribution in [0.2, 0.25) is 0 Å². The Labute approximate surface area is 115 Å². The smallest absolute Gasteiger partial charge is 0.0440 e. The zero-order valence-corrected chi connectivity index (χ0v) is 11.6. The number of rotatable bonds is 2. The van der Waals surface area contributed by atoms with E-state index in [1.54, 1.807) is 0 Å². The summed E-state index contributed by atoms with van der Waals surface area (Å²) in [6, 6.07) is 15.4. The normalized spacial score (nSPS) is 13.6. The van der Waals surface area contributed by atoms with Crippen LogP contribution in [0.4, 0.5) is 11.4 Å². The van der Waals surface area contributed by atoms with Gasteiger partial charge in [-0.25, -0.2) is 0 Å². The molecule has 0 unspecified atom stereocenters. The van der Waals surface area contributed by atoms with Gasteiger partial charge in [0.05, 0.1) is 0 Å². The first-order valence-corrected chi connectivity index (χ1v) is 6.89. The van der Waals surface area contributed by atoms with E-state index in [4.69, 9.17) is 0 Å². The molecule has 1 N–H and O–H groups in total. The van der Waals surface area contributed by atoms with Crippen LogP contribution in [0.1, 0.15) is 12.0 Å². The summed E-state index contributed by atoms with van der Waals surface area (Å²) >= 11 is 0. The number of hydrogen-bond donors (Lipinski definition) is 1. The van der Waals surface area contributed by atoms with Crippen LogP contribution < -0.4 is 10.2 Å². The predicted octanol–water partition coefficient (Wildman–Crippen LogP) is 3.78. The van der Waals surface area contributed by atoms with Crippen LogP contribution in [-0.2, 0) is 6.42 Å².